The molecule has 0 unspecified atom stereocenters. The number of hydrogen-bond donors (Lipinski definition) is 1. The maximum atomic E-state index is 6.01. The third-order valence-corrected chi connectivity index (χ3v) is 2.92. The summed E-state index contributed by atoms with van der Waals surface area (Å²) in [5, 5.41) is 0. The Kier molecular flexibility index (Phi) is 7.33. The number of ether oxygens (including phenoxy) is 1. The van der Waals surface area contributed by atoms with Crippen molar-refractivity contribution in [3.63, 3.8) is 0 Å². The predicted molar refractivity (Wildman–Crippen MR) is 90.9 cm³/mol. The molecule has 0 bridgehead atoms. The molecule has 0 saturated carbocycles. The van der Waals surface area contributed by atoms with Gasteiger partial charge in [-0.15, -0.1) is 12.4 Å². The first-order chi connectivity index (χ1) is 9.79. The summed E-state index contributed by atoms with van der Waals surface area (Å²) in [4.78, 5) is 4.39. The van der Waals surface area contributed by atoms with Crippen molar-refractivity contribution < 1.29 is 4.74 Å². The SMILES string of the molecule is CCCCOc1ccc(C(N)=Nc2ccccc2)cc1.Cl. The Hall–Kier alpha value is -2.00. The second-order valence-electron chi connectivity index (χ2n) is 4.56. The molecule has 0 fully saturated rings. The first-order valence-electron chi connectivity index (χ1n) is 6.92. The molecule has 2 aromatic carbocycles. The van der Waals surface area contributed by atoms with E-state index in [1.165, 1.54) is 0 Å². The molecule has 0 amide bonds. The number of aliphatic imine (C=N–C) groups is 1. The highest BCUT2D eigenvalue weighted by Gasteiger charge is 2.00. The number of rotatable bonds is 6. The van der Waals surface area contributed by atoms with Crippen molar-refractivity contribution in [2.24, 2.45) is 10.7 Å². The molecular weight excluding hydrogens is 284 g/mol. The lowest BCUT2D eigenvalue weighted by molar-refractivity contribution is 0.309. The van der Waals surface area contributed by atoms with Crippen LogP contribution in [0.15, 0.2) is 59.6 Å². The van der Waals surface area contributed by atoms with Gasteiger partial charge in [0.2, 0.25) is 0 Å². The highest BCUT2D eigenvalue weighted by Crippen LogP contribution is 2.15. The molecule has 0 saturated heterocycles. The van der Waals surface area contributed by atoms with Crippen LogP contribution in [0.25, 0.3) is 0 Å². The Bertz CT molecular complexity index is 553. The fraction of sp³-hybridized carbons (Fsp3) is 0.235. The Balaban J connectivity index is 0.00000220. The van der Waals surface area contributed by atoms with Crippen molar-refractivity contribution >= 4 is 23.9 Å². The van der Waals surface area contributed by atoms with E-state index in [1.807, 2.05) is 54.6 Å². The molecule has 2 N–H and O–H groups in total. The van der Waals surface area contributed by atoms with E-state index in [0.29, 0.717) is 5.84 Å². The summed E-state index contributed by atoms with van der Waals surface area (Å²) >= 11 is 0. The van der Waals surface area contributed by atoms with E-state index in [1.54, 1.807) is 0 Å². The minimum atomic E-state index is 0. The maximum absolute atomic E-state index is 6.01. The van der Waals surface area contributed by atoms with E-state index in [0.717, 1.165) is 36.4 Å². The van der Waals surface area contributed by atoms with Crippen LogP contribution in [-0.4, -0.2) is 12.4 Å². The standard InChI is InChI=1S/C17H20N2O.ClH/c1-2-3-13-20-16-11-9-14(10-12-16)17(18)19-15-7-5-4-6-8-15;/h4-12H,2-3,13H2,1H3,(H2,18,19);1H. The van der Waals surface area contributed by atoms with E-state index in [4.69, 9.17) is 10.5 Å². The van der Waals surface area contributed by atoms with Crippen LogP contribution in [0.4, 0.5) is 5.69 Å². The van der Waals surface area contributed by atoms with Crippen molar-refractivity contribution in [2.75, 3.05) is 6.61 Å². The summed E-state index contributed by atoms with van der Waals surface area (Å²) in [6.45, 7) is 2.90. The van der Waals surface area contributed by atoms with Crippen LogP contribution in [-0.2, 0) is 0 Å². The lowest BCUT2D eigenvalue weighted by Gasteiger charge is -2.06. The van der Waals surface area contributed by atoms with E-state index < -0.39 is 0 Å². The summed E-state index contributed by atoms with van der Waals surface area (Å²) < 4.78 is 5.62. The van der Waals surface area contributed by atoms with Gasteiger partial charge in [-0.25, -0.2) is 4.99 Å². The van der Waals surface area contributed by atoms with Crippen molar-refractivity contribution in [3.05, 3.63) is 60.2 Å². The summed E-state index contributed by atoms with van der Waals surface area (Å²) in [7, 11) is 0. The van der Waals surface area contributed by atoms with Gasteiger partial charge in [0, 0.05) is 5.56 Å². The van der Waals surface area contributed by atoms with Crippen LogP contribution in [0.1, 0.15) is 25.3 Å². The average Bonchev–Trinajstić information content (AvgIpc) is 2.49. The zero-order chi connectivity index (χ0) is 14.2. The highest BCUT2D eigenvalue weighted by molar-refractivity contribution is 5.99. The fourth-order valence-corrected chi connectivity index (χ4v) is 1.76. The van der Waals surface area contributed by atoms with Gasteiger partial charge in [-0.3, -0.25) is 0 Å². The largest absolute Gasteiger partial charge is 0.494 e. The molecule has 0 heterocycles. The molecule has 2 aromatic rings. The third-order valence-electron chi connectivity index (χ3n) is 2.92. The molecule has 0 aliphatic carbocycles. The molecule has 0 aliphatic rings. The summed E-state index contributed by atoms with van der Waals surface area (Å²) in [5.74, 6) is 1.38. The maximum Gasteiger partial charge on any atom is 0.131 e. The summed E-state index contributed by atoms with van der Waals surface area (Å²) in [5.41, 5.74) is 7.76. The van der Waals surface area contributed by atoms with Crippen molar-refractivity contribution in [1.82, 2.24) is 0 Å². The number of hydrogen-bond acceptors (Lipinski definition) is 2. The smallest absolute Gasteiger partial charge is 0.131 e. The van der Waals surface area contributed by atoms with E-state index in [9.17, 15) is 0 Å². The molecule has 0 atom stereocenters. The number of unbranched alkanes of at least 4 members (excludes halogenated alkanes) is 1. The number of nitrogens with zero attached hydrogens (tertiary/aromatic N) is 1. The number of benzene rings is 2. The van der Waals surface area contributed by atoms with E-state index in [-0.39, 0.29) is 12.4 Å². The van der Waals surface area contributed by atoms with Crippen LogP contribution in [0.5, 0.6) is 5.75 Å². The molecule has 4 heteroatoms. The van der Waals surface area contributed by atoms with Crippen LogP contribution >= 0.6 is 12.4 Å². The van der Waals surface area contributed by atoms with E-state index in [2.05, 4.69) is 11.9 Å². The minimum absolute atomic E-state index is 0. The lowest BCUT2D eigenvalue weighted by atomic mass is 10.2. The number of para-hydroxylation sites is 1. The third kappa shape index (κ3) is 5.48. The van der Waals surface area contributed by atoms with Gasteiger partial charge in [-0.2, -0.15) is 0 Å². The zero-order valence-electron chi connectivity index (χ0n) is 12.2. The van der Waals surface area contributed by atoms with Crippen molar-refractivity contribution in [1.29, 1.82) is 0 Å². The van der Waals surface area contributed by atoms with Gasteiger partial charge in [0.15, 0.2) is 0 Å². The molecule has 0 aromatic heterocycles. The summed E-state index contributed by atoms with van der Waals surface area (Å²) in [6, 6.07) is 17.4. The molecule has 0 radical (unpaired) electrons. The highest BCUT2D eigenvalue weighted by atomic mass is 35.5. The molecular formula is C17H21ClN2O. The number of halogens is 1. The Morgan fingerprint density at radius 1 is 1.05 bits per heavy atom. The molecule has 0 aliphatic heterocycles. The molecule has 2 rings (SSSR count). The first kappa shape index (κ1) is 17.1. The minimum Gasteiger partial charge on any atom is -0.494 e. The zero-order valence-corrected chi connectivity index (χ0v) is 13.0. The summed E-state index contributed by atoms with van der Waals surface area (Å²) in [6.07, 6.45) is 2.20. The molecule has 21 heavy (non-hydrogen) atoms. The van der Waals surface area contributed by atoms with Crippen LogP contribution in [0.3, 0.4) is 0 Å². The Labute approximate surface area is 132 Å². The van der Waals surface area contributed by atoms with Crippen LogP contribution in [0.2, 0.25) is 0 Å². The van der Waals surface area contributed by atoms with Gasteiger partial charge in [-0.1, -0.05) is 31.5 Å². The normalized spacial score (nSPS) is 10.8. The predicted octanol–water partition coefficient (Wildman–Crippen LogP) is 4.32. The lowest BCUT2D eigenvalue weighted by Crippen LogP contribution is -2.12. The average molecular weight is 305 g/mol. The second-order valence-corrected chi connectivity index (χ2v) is 4.56. The Morgan fingerprint density at radius 3 is 2.33 bits per heavy atom. The monoisotopic (exact) mass is 304 g/mol. The van der Waals surface area contributed by atoms with Gasteiger partial charge in [0.25, 0.3) is 0 Å². The van der Waals surface area contributed by atoms with Crippen molar-refractivity contribution in [2.45, 2.75) is 19.8 Å². The van der Waals surface area contributed by atoms with Gasteiger partial charge in [0.1, 0.15) is 11.6 Å². The quantitative estimate of drug-likeness (QED) is 0.491. The first-order valence-corrected chi connectivity index (χ1v) is 6.92. The van der Waals surface area contributed by atoms with Gasteiger partial charge >= 0.3 is 0 Å². The fourth-order valence-electron chi connectivity index (χ4n) is 1.76. The molecule has 3 nitrogen and oxygen atoms in total. The molecule has 0 spiro atoms. The topological polar surface area (TPSA) is 47.6 Å². The van der Waals surface area contributed by atoms with Crippen LogP contribution < -0.4 is 10.5 Å². The number of amidine groups is 1. The van der Waals surface area contributed by atoms with E-state index >= 15 is 0 Å². The Morgan fingerprint density at radius 2 is 1.71 bits per heavy atom. The second kappa shape index (κ2) is 9.03. The van der Waals surface area contributed by atoms with Gasteiger partial charge in [0.05, 0.1) is 12.3 Å². The van der Waals surface area contributed by atoms with Gasteiger partial charge < -0.3 is 10.5 Å². The van der Waals surface area contributed by atoms with Gasteiger partial charge in [-0.05, 0) is 42.8 Å². The van der Waals surface area contributed by atoms with Crippen molar-refractivity contribution in [3.8, 4) is 5.75 Å². The molecule has 112 valence electrons. The van der Waals surface area contributed by atoms with Crippen LogP contribution in [0, 0.1) is 0 Å². The number of nitrogens with two attached hydrogens (primary N) is 1.